The van der Waals surface area contributed by atoms with Crippen molar-refractivity contribution in [3.63, 3.8) is 0 Å². The molecule has 1 heterocycles. The number of unbranched alkanes of at least 4 members (excludes halogenated alkanes) is 12. The van der Waals surface area contributed by atoms with Crippen LogP contribution in [0.1, 0.15) is 117 Å². The Labute approximate surface area is 314 Å². The van der Waals surface area contributed by atoms with Crippen LogP contribution in [-0.2, 0) is 38.6 Å². The van der Waals surface area contributed by atoms with Crippen LogP contribution < -0.4 is 9.47 Å². The second-order valence-electron chi connectivity index (χ2n) is 13.8. The van der Waals surface area contributed by atoms with Crippen LogP contribution in [0.25, 0.3) is 0 Å². The highest BCUT2D eigenvalue weighted by Crippen LogP contribution is 2.34. The number of carbonyl (C=O) groups excluding carboxylic acids is 2. The van der Waals surface area contributed by atoms with Crippen LogP contribution in [-0.4, -0.2) is 65.1 Å². The molecule has 1 aliphatic rings. The molecule has 0 spiro atoms. The maximum Gasteiger partial charge on any atom is 0.342 e. The summed E-state index contributed by atoms with van der Waals surface area (Å²) in [6.07, 6.45) is 7.92. The highest BCUT2D eigenvalue weighted by molar-refractivity contribution is 5.94. The SMILES string of the molecule is CCCCCCCCCCCCCCCc1cc(O[C@@H]2O[C@H](C(=O)OC)[C@@H](O)[C@H](O)[C@H]2O)cc(OCc2ccccc2)c1C(=O)OCc1ccccc1. The summed E-state index contributed by atoms with van der Waals surface area (Å²) in [5.74, 6) is -1.09. The van der Waals surface area contributed by atoms with Gasteiger partial charge in [0.15, 0.2) is 6.10 Å². The summed E-state index contributed by atoms with van der Waals surface area (Å²) in [6, 6.07) is 22.1. The van der Waals surface area contributed by atoms with Gasteiger partial charge in [-0.2, -0.15) is 0 Å². The molecule has 5 atom stereocenters. The van der Waals surface area contributed by atoms with Crippen molar-refractivity contribution < 1.29 is 48.6 Å². The van der Waals surface area contributed by atoms with Crippen LogP contribution in [0.3, 0.4) is 0 Å². The Morgan fingerprint density at radius 3 is 1.79 bits per heavy atom. The zero-order valence-corrected chi connectivity index (χ0v) is 31.3. The Kier molecular flexibility index (Phi) is 18.1. The molecule has 0 saturated carbocycles. The first kappa shape index (κ1) is 41.8. The predicted molar refractivity (Wildman–Crippen MR) is 202 cm³/mol. The van der Waals surface area contributed by atoms with Crippen molar-refractivity contribution in [2.24, 2.45) is 0 Å². The predicted octanol–water partition coefficient (Wildman–Crippen LogP) is 7.62. The second-order valence-corrected chi connectivity index (χ2v) is 13.8. The van der Waals surface area contributed by atoms with Crippen molar-refractivity contribution in [1.29, 1.82) is 0 Å². The molecule has 290 valence electrons. The van der Waals surface area contributed by atoms with Crippen LogP contribution in [0, 0.1) is 0 Å². The van der Waals surface area contributed by atoms with Gasteiger partial charge in [-0.05, 0) is 35.6 Å². The quantitative estimate of drug-likeness (QED) is 0.0659. The lowest BCUT2D eigenvalue weighted by Gasteiger charge is -2.38. The topological polar surface area (TPSA) is 141 Å². The van der Waals surface area contributed by atoms with Crippen molar-refractivity contribution >= 4 is 11.9 Å². The first-order chi connectivity index (χ1) is 25.8. The number of hydrogen-bond acceptors (Lipinski definition) is 10. The highest BCUT2D eigenvalue weighted by atomic mass is 16.7. The van der Waals surface area contributed by atoms with E-state index in [2.05, 4.69) is 6.92 Å². The molecule has 10 nitrogen and oxygen atoms in total. The molecule has 0 aromatic heterocycles. The van der Waals surface area contributed by atoms with Gasteiger partial charge in [-0.15, -0.1) is 0 Å². The molecule has 53 heavy (non-hydrogen) atoms. The fraction of sp³-hybridized carbons (Fsp3) is 0.535. The van der Waals surface area contributed by atoms with Gasteiger partial charge in [-0.3, -0.25) is 0 Å². The first-order valence-electron chi connectivity index (χ1n) is 19.3. The van der Waals surface area contributed by atoms with Crippen LogP contribution in [0.5, 0.6) is 11.5 Å². The van der Waals surface area contributed by atoms with E-state index in [0.717, 1.165) is 43.9 Å². The lowest BCUT2D eigenvalue weighted by molar-refractivity contribution is -0.271. The first-order valence-corrected chi connectivity index (χ1v) is 19.3. The summed E-state index contributed by atoms with van der Waals surface area (Å²) >= 11 is 0. The third kappa shape index (κ3) is 13.4. The molecular weight excluding hydrogens is 676 g/mol. The third-order valence-corrected chi connectivity index (χ3v) is 9.62. The van der Waals surface area contributed by atoms with Crippen LogP contribution in [0.15, 0.2) is 72.8 Å². The van der Waals surface area contributed by atoms with Crippen LogP contribution >= 0.6 is 0 Å². The Morgan fingerprint density at radius 2 is 1.23 bits per heavy atom. The summed E-state index contributed by atoms with van der Waals surface area (Å²) in [5, 5.41) is 31.7. The van der Waals surface area contributed by atoms with Gasteiger partial charge >= 0.3 is 11.9 Å². The minimum absolute atomic E-state index is 0.0749. The normalized spacial score (nSPS) is 19.8. The number of rotatable bonds is 23. The molecule has 3 aromatic carbocycles. The molecule has 0 amide bonds. The van der Waals surface area contributed by atoms with E-state index in [1.54, 1.807) is 6.07 Å². The average molecular weight is 735 g/mol. The van der Waals surface area contributed by atoms with Crippen LogP contribution in [0.4, 0.5) is 0 Å². The molecule has 1 fully saturated rings. The van der Waals surface area contributed by atoms with Crippen molar-refractivity contribution in [3.8, 4) is 11.5 Å². The molecule has 1 aliphatic heterocycles. The molecule has 3 N–H and O–H groups in total. The van der Waals surface area contributed by atoms with Gasteiger partial charge in [0.2, 0.25) is 6.29 Å². The third-order valence-electron chi connectivity index (χ3n) is 9.62. The van der Waals surface area contributed by atoms with Crippen molar-refractivity contribution in [3.05, 3.63) is 95.1 Å². The summed E-state index contributed by atoms with van der Waals surface area (Å²) in [5.41, 5.74) is 2.62. The number of esters is 2. The number of methoxy groups -OCH3 is 1. The summed E-state index contributed by atoms with van der Waals surface area (Å²) < 4.78 is 28.5. The van der Waals surface area contributed by atoms with Crippen molar-refractivity contribution in [2.45, 2.75) is 141 Å². The number of aliphatic hydroxyl groups is 3. The number of hydrogen-bond donors (Lipinski definition) is 3. The molecular formula is C43H58O10. The van der Waals surface area contributed by atoms with Crippen molar-refractivity contribution in [1.82, 2.24) is 0 Å². The molecule has 3 aromatic rings. The Morgan fingerprint density at radius 1 is 0.679 bits per heavy atom. The maximum atomic E-state index is 13.9. The smallest absolute Gasteiger partial charge is 0.342 e. The number of benzene rings is 3. The van der Waals surface area contributed by atoms with E-state index in [1.165, 1.54) is 63.9 Å². The molecule has 0 unspecified atom stereocenters. The minimum atomic E-state index is -1.75. The van der Waals surface area contributed by atoms with Gasteiger partial charge < -0.3 is 39.0 Å². The van der Waals surface area contributed by atoms with Gasteiger partial charge in [0, 0.05) is 6.07 Å². The van der Waals surface area contributed by atoms with Crippen molar-refractivity contribution in [2.75, 3.05) is 7.11 Å². The summed E-state index contributed by atoms with van der Waals surface area (Å²) in [7, 11) is 1.13. The van der Waals surface area contributed by atoms with E-state index in [1.807, 2.05) is 60.7 Å². The Bertz CT molecular complexity index is 1500. The van der Waals surface area contributed by atoms with Gasteiger partial charge in [0.05, 0.1) is 7.11 Å². The zero-order chi connectivity index (χ0) is 37.8. The van der Waals surface area contributed by atoms with E-state index in [4.69, 9.17) is 23.7 Å². The Balaban J connectivity index is 1.51. The molecule has 0 aliphatic carbocycles. The average Bonchev–Trinajstić information content (AvgIpc) is 3.18. The second kappa shape index (κ2) is 23.0. The van der Waals surface area contributed by atoms with Crippen LogP contribution in [0.2, 0.25) is 0 Å². The van der Waals surface area contributed by atoms with E-state index >= 15 is 0 Å². The highest BCUT2D eigenvalue weighted by Gasteiger charge is 2.48. The summed E-state index contributed by atoms with van der Waals surface area (Å²) in [6.45, 7) is 2.47. The molecule has 4 rings (SSSR count). The lowest BCUT2D eigenvalue weighted by Crippen LogP contribution is -2.61. The summed E-state index contributed by atoms with van der Waals surface area (Å²) in [4.78, 5) is 26.2. The van der Waals surface area contributed by atoms with Gasteiger partial charge in [-0.1, -0.05) is 145 Å². The standard InChI is InChI=1S/C43H58O10/c1-3-4-5-6-7-8-9-10-11-12-13-14-21-26-33-27-34(52-43-39(46)37(44)38(45)40(53-43)42(48)49-2)28-35(50-29-31-22-17-15-18-23-31)36(33)41(47)51-30-32-24-19-16-20-25-32/h15-20,22-25,27-28,37-40,43-46H,3-14,21,26,29-30H2,1-2H3/t37-,38-,39+,40-,43+/m0/s1. The molecule has 1 saturated heterocycles. The fourth-order valence-electron chi connectivity index (χ4n) is 6.51. The van der Waals surface area contributed by atoms with Gasteiger partial charge in [0.1, 0.15) is 48.6 Å². The van der Waals surface area contributed by atoms with E-state index < -0.39 is 42.6 Å². The molecule has 0 radical (unpaired) electrons. The number of ether oxygens (including phenoxy) is 5. The van der Waals surface area contributed by atoms with Gasteiger partial charge in [-0.25, -0.2) is 9.59 Å². The number of aryl methyl sites for hydroxylation is 1. The molecule has 10 heteroatoms. The zero-order valence-electron chi connectivity index (χ0n) is 31.3. The minimum Gasteiger partial charge on any atom is -0.488 e. The number of aliphatic hydroxyl groups excluding tert-OH is 3. The van der Waals surface area contributed by atoms with E-state index in [9.17, 15) is 24.9 Å². The fourth-order valence-corrected chi connectivity index (χ4v) is 6.51. The van der Waals surface area contributed by atoms with E-state index in [-0.39, 0.29) is 30.3 Å². The van der Waals surface area contributed by atoms with Gasteiger partial charge in [0.25, 0.3) is 0 Å². The Hall–Kier alpha value is -3.96. The maximum absolute atomic E-state index is 13.9. The largest absolute Gasteiger partial charge is 0.488 e. The molecule has 0 bridgehead atoms. The number of carbonyl (C=O) groups is 2. The monoisotopic (exact) mass is 734 g/mol. The van der Waals surface area contributed by atoms with E-state index in [0.29, 0.717) is 12.0 Å². The lowest BCUT2D eigenvalue weighted by atomic mass is 9.98.